The van der Waals surface area contributed by atoms with Gasteiger partial charge in [-0.2, -0.15) is 0 Å². The van der Waals surface area contributed by atoms with E-state index in [0.29, 0.717) is 13.2 Å². The molecular weight excluding hydrogens is 170 g/mol. The van der Waals surface area contributed by atoms with Gasteiger partial charge in [-0.1, -0.05) is 0 Å². The lowest BCUT2D eigenvalue weighted by molar-refractivity contribution is -0.150. The summed E-state index contributed by atoms with van der Waals surface area (Å²) in [4.78, 5) is 11.1. The zero-order valence-electron chi connectivity index (χ0n) is 7.62. The summed E-state index contributed by atoms with van der Waals surface area (Å²) in [6.07, 6.45) is 2.06. The highest BCUT2D eigenvalue weighted by Crippen LogP contribution is 2.30. The molecule has 1 heterocycles. The molecule has 4 nitrogen and oxygen atoms in total. The Morgan fingerprint density at radius 3 is 3.00 bits per heavy atom. The summed E-state index contributed by atoms with van der Waals surface area (Å²) < 4.78 is 10.5. The maximum Gasteiger partial charge on any atom is 0.309 e. The van der Waals surface area contributed by atoms with Crippen LogP contribution in [-0.2, 0) is 14.3 Å². The smallest absolute Gasteiger partial charge is 0.309 e. The number of morpholine rings is 1. The summed E-state index contributed by atoms with van der Waals surface area (Å²) in [7, 11) is 0. The van der Waals surface area contributed by atoms with Crippen molar-refractivity contribution in [3.05, 3.63) is 0 Å². The number of nitrogens with one attached hydrogen (secondary N) is 1. The van der Waals surface area contributed by atoms with Crippen molar-refractivity contribution in [2.24, 2.45) is 5.92 Å². The van der Waals surface area contributed by atoms with Crippen molar-refractivity contribution in [3.63, 3.8) is 0 Å². The van der Waals surface area contributed by atoms with Crippen molar-refractivity contribution in [1.82, 2.24) is 5.32 Å². The number of carbonyl (C=O) groups is 1. The Morgan fingerprint density at radius 1 is 1.54 bits per heavy atom. The molecule has 0 aromatic carbocycles. The van der Waals surface area contributed by atoms with Gasteiger partial charge in [0, 0.05) is 13.1 Å². The molecular formula is C9H15NO3. The van der Waals surface area contributed by atoms with Gasteiger partial charge in [0.2, 0.25) is 0 Å². The van der Waals surface area contributed by atoms with E-state index in [1.165, 1.54) is 0 Å². The predicted molar refractivity (Wildman–Crippen MR) is 46.3 cm³/mol. The maximum atomic E-state index is 11.1. The summed E-state index contributed by atoms with van der Waals surface area (Å²) in [6.45, 7) is 2.80. The molecule has 0 amide bonds. The third kappa shape index (κ3) is 2.67. The van der Waals surface area contributed by atoms with Gasteiger partial charge in [0.25, 0.3) is 0 Å². The van der Waals surface area contributed by atoms with E-state index in [-0.39, 0.29) is 18.0 Å². The zero-order valence-corrected chi connectivity index (χ0v) is 7.62. The second-order valence-corrected chi connectivity index (χ2v) is 3.60. The van der Waals surface area contributed by atoms with E-state index >= 15 is 0 Å². The Kier molecular flexibility index (Phi) is 2.80. The Balaban J connectivity index is 1.62. The van der Waals surface area contributed by atoms with Gasteiger partial charge in [0.05, 0.1) is 12.5 Å². The molecule has 2 rings (SSSR count). The van der Waals surface area contributed by atoms with Crippen molar-refractivity contribution in [3.8, 4) is 0 Å². The van der Waals surface area contributed by atoms with Crippen LogP contribution in [0.25, 0.3) is 0 Å². The molecule has 1 aliphatic heterocycles. The lowest BCUT2D eigenvalue weighted by Crippen LogP contribution is -2.41. The van der Waals surface area contributed by atoms with Crippen LogP contribution in [-0.4, -0.2) is 38.4 Å². The van der Waals surface area contributed by atoms with Crippen molar-refractivity contribution < 1.29 is 14.3 Å². The standard InChI is InChI=1S/C9H15NO3/c11-9(7-1-2-7)13-6-8-5-10-3-4-12-8/h7-8,10H,1-6H2/t8-/m0/s1. The van der Waals surface area contributed by atoms with Crippen LogP contribution in [0.1, 0.15) is 12.8 Å². The average Bonchev–Trinajstić information content (AvgIpc) is 2.99. The number of rotatable bonds is 3. The summed E-state index contributed by atoms with van der Waals surface area (Å²) in [5.74, 6) is 0.144. The van der Waals surface area contributed by atoms with Crippen LogP contribution in [0.5, 0.6) is 0 Å². The first-order chi connectivity index (χ1) is 6.36. The molecule has 1 atom stereocenters. The highest BCUT2D eigenvalue weighted by atomic mass is 16.6. The van der Waals surface area contributed by atoms with E-state index in [1.807, 2.05) is 0 Å². The third-order valence-electron chi connectivity index (χ3n) is 2.33. The van der Waals surface area contributed by atoms with Crippen molar-refractivity contribution in [2.45, 2.75) is 18.9 Å². The number of esters is 1. The fraction of sp³-hybridized carbons (Fsp3) is 0.889. The molecule has 1 N–H and O–H groups in total. The number of hydrogen-bond acceptors (Lipinski definition) is 4. The van der Waals surface area contributed by atoms with Crippen LogP contribution >= 0.6 is 0 Å². The van der Waals surface area contributed by atoms with E-state index in [2.05, 4.69) is 5.32 Å². The quantitative estimate of drug-likeness (QED) is 0.625. The fourth-order valence-corrected chi connectivity index (χ4v) is 1.34. The highest BCUT2D eigenvalue weighted by Gasteiger charge is 2.31. The third-order valence-corrected chi connectivity index (χ3v) is 2.33. The lowest BCUT2D eigenvalue weighted by Gasteiger charge is -2.23. The van der Waals surface area contributed by atoms with Gasteiger partial charge in [0.1, 0.15) is 12.7 Å². The minimum atomic E-state index is -0.0471. The van der Waals surface area contributed by atoms with E-state index in [9.17, 15) is 4.79 Å². The van der Waals surface area contributed by atoms with Crippen molar-refractivity contribution >= 4 is 5.97 Å². The Hall–Kier alpha value is -0.610. The molecule has 0 radical (unpaired) electrons. The van der Waals surface area contributed by atoms with Gasteiger partial charge in [0.15, 0.2) is 0 Å². The topological polar surface area (TPSA) is 47.6 Å². The summed E-state index contributed by atoms with van der Waals surface area (Å²) >= 11 is 0. The number of hydrogen-bond donors (Lipinski definition) is 1. The molecule has 1 saturated heterocycles. The number of carbonyl (C=O) groups excluding carboxylic acids is 1. The van der Waals surface area contributed by atoms with E-state index < -0.39 is 0 Å². The Morgan fingerprint density at radius 2 is 2.38 bits per heavy atom. The lowest BCUT2D eigenvalue weighted by atomic mass is 10.3. The molecule has 74 valence electrons. The van der Waals surface area contributed by atoms with E-state index in [0.717, 1.165) is 25.9 Å². The van der Waals surface area contributed by atoms with Crippen LogP contribution in [0.2, 0.25) is 0 Å². The predicted octanol–water partition coefficient (Wildman–Crippen LogP) is -0.0720. The van der Waals surface area contributed by atoms with Gasteiger partial charge in [-0.05, 0) is 12.8 Å². The Labute approximate surface area is 77.6 Å². The minimum absolute atomic E-state index is 0.0471. The molecule has 2 fully saturated rings. The second-order valence-electron chi connectivity index (χ2n) is 3.60. The molecule has 1 aliphatic carbocycles. The van der Waals surface area contributed by atoms with Crippen LogP contribution in [0.3, 0.4) is 0 Å². The van der Waals surface area contributed by atoms with Gasteiger partial charge in [-0.15, -0.1) is 0 Å². The Bertz CT molecular complexity index is 185. The van der Waals surface area contributed by atoms with E-state index in [1.54, 1.807) is 0 Å². The first-order valence-corrected chi connectivity index (χ1v) is 4.85. The van der Waals surface area contributed by atoms with Crippen LogP contribution in [0.15, 0.2) is 0 Å². The van der Waals surface area contributed by atoms with Crippen LogP contribution in [0, 0.1) is 5.92 Å². The van der Waals surface area contributed by atoms with Crippen LogP contribution < -0.4 is 5.32 Å². The van der Waals surface area contributed by atoms with Crippen molar-refractivity contribution in [2.75, 3.05) is 26.3 Å². The van der Waals surface area contributed by atoms with Gasteiger partial charge in [-0.3, -0.25) is 4.79 Å². The van der Waals surface area contributed by atoms with E-state index in [4.69, 9.17) is 9.47 Å². The molecule has 1 saturated carbocycles. The average molecular weight is 185 g/mol. The first kappa shape index (κ1) is 8.97. The zero-order chi connectivity index (χ0) is 9.10. The second kappa shape index (κ2) is 4.07. The number of ether oxygens (including phenoxy) is 2. The summed E-state index contributed by atoms with van der Waals surface area (Å²) in [6, 6.07) is 0. The maximum absolute atomic E-state index is 11.1. The first-order valence-electron chi connectivity index (χ1n) is 4.85. The minimum Gasteiger partial charge on any atom is -0.463 e. The van der Waals surface area contributed by atoms with Gasteiger partial charge >= 0.3 is 5.97 Å². The molecule has 0 aromatic rings. The largest absolute Gasteiger partial charge is 0.463 e. The molecule has 0 aromatic heterocycles. The van der Waals surface area contributed by atoms with Crippen LogP contribution in [0.4, 0.5) is 0 Å². The molecule has 2 aliphatic rings. The normalized spacial score (nSPS) is 28.5. The molecule has 0 bridgehead atoms. The SMILES string of the molecule is O=C(OC[C@@H]1CNCCO1)C1CC1. The van der Waals surface area contributed by atoms with Gasteiger partial charge in [-0.25, -0.2) is 0 Å². The molecule has 4 heteroatoms. The molecule has 0 spiro atoms. The molecule has 0 unspecified atom stereocenters. The summed E-state index contributed by atoms with van der Waals surface area (Å²) in [5, 5.41) is 3.19. The van der Waals surface area contributed by atoms with Gasteiger partial charge < -0.3 is 14.8 Å². The molecule has 13 heavy (non-hydrogen) atoms. The van der Waals surface area contributed by atoms with Crippen molar-refractivity contribution in [1.29, 1.82) is 0 Å². The highest BCUT2D eigenvalue weighted by molar-refractivity contribution is 5.74. The fourth-order valence-electron chi connectivity index (χ4n) is 1.34. The monoisotopic (exact) mass is 185 g/mol. The summed E-state index contributed by atoms with van der Waals surface area (Å²) in [5.41, 5.74) is 0.